The maximum absolute atomic E-state index is 4.36. The summed E-state index contributed by atoms with van der Waals surface area (Å²) in [7, 11) is 0. The van der Waals surface area contributed by atoms with Crippen molar-refractivity contribution in [2.45, 2.75) is 12.8 Å². The predicted octanol–water partition coefficient (Wildman–Crippen LogP) is 2.22. The third-order valence-electron chi connectivity index (χ3n) is 2.79. The molecule has 14 heavy (non-hydrogen) atoms. The smallest absolute Gasteiger partial charge is 0.0463 e. The van der Waals surface area contributed by atoms with Gasteiger partial charge in [0.15, 0.2) is 0 Å². The summed E-state index contributed by atoms with van der Waals surface area (Å²) in [6.07, 6.45) is 6.44. The van der Waals surface area contributed by atoms with E-state index in [2.05, 4.69) is 21.8 Å². The van der Waals surface area contributed by atoms with E-state index in [0.29, 0.717) is 0 Å². The Labute approximate surface area is 87.9 Å². The number of nitrogens with zero attached hydrogens (tertiary/aromatic N) is 1. The van der Waals surface area contributed by atoms with E-state index < -0.39 is 0 Å². The van der Waals surface area contributed by atoms with Gasteiger partial charge in [0.05, 0.1) is 0 Å². The molecule has 0 aromatic rings. The molecule has 0 aromatic heterocycles. The van der Waals surface area contributed by atoms with Crippen LogP contribution in [0.25, 0.3) is 0 Å². The highest BCUT2D eigenvalue weighted by Crippen LogP contribution is 2.36. The van der Waals surface area contributed by atoms with Crippen molar-refractivity contribution < 1.29 is 0 Å². The summed E-state index contributed by atoms with van der Waals surface area (Å²) in [6, 6.07) is 0. The van der Waals surface area contributed by atoms with Gasteiger partial charge in [-0.2, -0.15) is 0 Å². The average molecular weight is 204 g/mol. The Morgan fingerprint density at radius 1 is 1.43 bits per heavy atom. The molecule has 2 nitrogen and oxygen atoms in total. The monoisotopic (exact) mass is 204 g/mol. The van der Waals surface area contributed by atoms with Crippen LogP contribution in [0.15, 0.2) is 38.2 Å². The van der Waals surface area contributed by atoms with Crippen molar-refractivity contribution in [2.75, 3.05) is 13.1 Å². The number of aliphatic imine (C=N–C) groups is 1. The minimum Gasteiger partial charge on any atom is -0.383 e. The van der Waals surface area contributed by atoms with Crippen LogP contribution in [-0.4, -0.2) is 19.3 Å². The van der Waals surface area contributed by atoms with Gasteiger partial charge in [0.2, 0.25) is 0 Å². The molecular weight excluding hydrogens is 192 g/mol. The molecule has 0 saturated heterocycles. The molecule has 0 atom stereocenters. The predicted molar refractivity (Wildman–Crippen MR) is 61.4 cm³/mol. The summed E-state index contributed by atoms with van der Waals surface area (Å²) >= 11 is 1.84. The largest absolute Gasteiger partial charge is 0.383 e. The van der Waals surface area contributed by atoms with Crippen LogP contribution >= 0.6 is 11.8 Å². The zero-order chi connectivity index (χ0) is 9.38. The number of thioether (sulfide) groups is 1. The lowest BCUT2D eigenvalue weighted by molar-refractivity contribution is 0.765. The van der Waals surface area contributed by atoms with Crippen molar-refractivity contribution in [1.29, 1.82) is 0 Å². The van der Waals surface area contributed by atoms with Crippen LogP contribution in [0.5, 0.6) is 0 Å². The molecule has 3 heteroatoms. The standard InChI is InChI=1S/C11H12N2S/c1-2-8-9-6-12-4-3-10(9)13-7-11(8)14-5-1/h1,5-6,13H,2-4,7H2. The Hall–Kier alpha value is -0.960. The highest BCUT2D eigenvalue weighted by atomic mass is 32.2. The molecule has 0 aromatic carbocycles. The summed E-state index contributed by atoms with van der Waals surface area (Å²) in [6.45, 7) is 1.95. The molecule has 0 saturated carbocycles. The van der Waals surface area contributed by atoms with E-state index in [4.69, 9.17) is 0 Å². The highest BCUT2D eigenvalue weighted by Gasteiger charge is 2.22. The van der Waals surface area contributed by atoms with E-state index in [9.17, 15) is 0 Å². The van der Waals surface area contributed by atoms with E-state index in [0.717, 1.165) is 25.9 Å². The molecule has 3 rings (SSSR count). The number of allylic oxidation sites excluding steroid dienone is 3. The number of fused-ring (bicyclic) bond motifs is 1. The summed E-state index contributed by atoms with van der Waals surface area (Å²) in [4.78, 5) is 5.83. The molecule has 0 unspecified atom stereocenters. The zero-order valence-electron chi connectivity index (χ0n) is 7.92. The van der Waals surface area contributed by atoms with Crippen molar-refractivity contribution in [1.82, 2.24) is 5.32 Å². The van der Waals surface area contributed by atoms with Gasteiger partial charge in [0, 0.05) is 41.9 Å². The highest BCUT2D eigenvalue weighted by molar-refractivity contribution is 8.05. The molecule has 1 N–H and O–H groups in total. The summed E-state index contributed by atoms with van der Waals surface area (Å²) in [5, 5.41) is 5.68. The Bertz CT molecular complexity index is 388. The fourth-order valence-electron chi connectivity index (χ4n) is 2.07. The van der Waals surface area contributed by atoms with Gasteiger partial charge in [-0.25, -0.2) is 0 Å². The number of rotatable bonds is 0. The fraction of sp³-hybridized carbons (Fsp3) is 0.364. The van der Waals surface area contributed by atoms with Gasteiger partial charge in [-0.3, -0.25) is 4.99 Å². The fourth-order valence-corrected chi connectivity index (χ4v) is 2.91. The third-order valence-corrected chi connectivity index (χ3v) is 3.79. The summed E-state index contributed by atoms with van der Waals surface area (Å²) in [5.74, 6) is 0. The van der Waals surface area contributed by atoms with Gasteiger partial charge in [-0.15, -0.1) is 11.8 Å². The van der Waals surface area contributed by atoms with Crippen LogP contribution in [0, 0.1) is 0 Å². The molecule has 3 aliphatic rings. The average Bonchev–Trinajstić information content (AvgIpc) is 2.29. The van der Waals surface area contributed by atoms with Crippen LogP contribution in [-0.2, 0) is 0 Å². The second-order valence-corrected chi connectivity index (χ2v) is 4.63. The number of hydrogen-bond acceptors (Lipinski definition) is 3. The zero-order valence-corrected chi connectivity index (χ0v) is 8.73. The van der Waals surface area contributed by atoms with E-state index in [1.165, 1.54) is 21.7 Å². The molecule has 0 fully saturated rings. The van der Waals surface area contributed by atoms with E-state index in [1.54, 1.807) is 0 Å². The van der Waals surface area contributed by atoms with E-state index in [-0.39, 0.29) is 0 Å². The Morgan fingerprint density at radius 2 is 2.43 bits per heavy atom. The second-order valence-electron chi connectivity index (χ2n) is 3.63. The molecule has 3 aliphatic heterocycles. The van der Waals surface area contributed by atoms with Gasteiger partial charge in [0.1, 0.15) is 0 Å². The number of dihydropyridines is 2. The minimum atomic E-state index is 0.942. The Kier molecular flexibility index (Phi) is 1.98. The first kappa shape index (κ1) is 8.36. The van der Waals surface area contributed by atoms with Crippen molar-refractivity contribution in [3.05, 3.63) is 33.2 Å². The normalized spacial score (nSPS) is 24.6. The van der Waals surface area contributed by atoms with Gasteiger partial charge in [-0.1, -0.05) is 6.08 Å². The summed E-state index contributed by atoms with van der Waals surface area (Å²) < 4.78 is 0. The minimum absolute atomic E-state index is 0.942. The third kappa shape index (κ3) is 1.23. The van der Waals surface area contributed by atoms with Crippen LogP contribution < -0.4 is 5.32 Å². The molecule has 72 valence electrons. The van der Waals surface area contributed by atoms with E-state index >= 15 is 0 Å². The lowest BCUT2D eigenvalue weighted by atomic mass is 9.95. The second kappa shape index (κ2) is 3.31. The Balaban J connectivity index is 2.04. The lowest BCUT2D eigenvalue weighted by Gasteiger charge is -2.28. The quantitative estimate of drug-likeness (QED) is 0.654. The summed E-state index contributed by atoms with van der Waals surface area (Å²) in [5.41, 5.74) is 4.25. The van der Waals surface area contributed by atoms with Crippen molar-refractivity contribution in [3.63, 3.8) is 0 Å². The topological polar surface area (TPSA) is 24.4 Å². The van der Waals surface area contributed by atoms with Gasteiger partial charge >= 0.3 is 0 Å². The van der Waals surface area contributed by atoms with Gasteiger partial charge in [-0.05, 0) is 17.4 Å². The molecule has 0 aliphatic carbocycles. The first-order valence-corrected chi connectivity index (χ1v) is 5.84. The maximum Gasteiger partial charge on any atom is 0.0463 e. The lowest BCUT2D eigenvalue weighted by Crippen LogP contribution is -2.27. The van der Waals surface area contributed by atoms with Crippen LogP contribution in [0.2, 0.25) is 0 Å². The van der Waals surface area contributed by atoms with Crippen LogP contribution in [0.4, 0.5) is 0 Å². The SMILES string of the molecule is C1=CSC2=C(C1)C1=C(CCN=C1)NC2. The van der Waals surface area contributed by atoms with Crippen molar-refractivity contribution in [2.24, 2.45) is 4.99 Å². The number of hydrogen-bond donors (Lipinski definition) is 1. The van der Waals surface area contributed by atoms with Crippen LogP contribution in [0.1, 0.15) is 12.8 Å². The molecule has 0 radical (unpaired) electrons. The van der Waals surface area contributed by atoms with E-state index in [1.807, 2.05) is 18.0 Å². The van der Waals surface area contributed by atoms with Gasteiger partial charge in [0.25, 0.3) is 0 Å². The number of nitrogens with one attached hydrogen (secondary N) is 1. The molecule has 0 amide bonds. The van der Waals surface area contributed by atoms with Crippen molar-refractivity contribution >= 4 is 18.0 Å². The van der Waals surface area contributed by atoms with Crippen LogP contribution in [0.3, 0.4) is 0 Å². The van der Waals surface area contributed by atoms with Crippen molar-refractivity contribution in [3.8, 4) is 0 Å². The van der Waals surface area contributed by atoms with Gasteiger partial charge < -0.3 is 5.32 Å². The molecule has 3 heterocycles. The molecule has 0 bridgehead atoms. The molecule has 0 spiro atoms. The molecular formula is C11H12N2S. The first-order chi connectivity index (χ1) is 6.95. The Morgan fingerprint density at radius 3 is 3.43 bits per heavy atom. The first-order valence-electron chi connectivity index (χ1n) is 4.96. The maximum atomic E-state index is 4.36.